The number of benzene rings is 1. The zero-order valence-corrected chi connectivity index (χ0v) is 21.1. The molecule has 1 aromatic carbocycles. The molecule has 182 valence electrons. The number of fused-ring (bicyclic) bond motifs is 1. The second-order valence-corrected chi connectivity index (χ2v) is 10.5. The smallest absolute Gasteiger partial charge is 0.242 e. The van der Waals surface area contributed by atoms with E-state index in [0.29, 0.717) is 12.8 Å². The number of imide groups is 1. The SMILES string of the molecule is C[C@@H](C(=O)NC1CCCC1)N(Cc1ccc(Br)cc1)C(=O)CCN1C(=O)[C@H]2CC=CC[C@H]2C1=O. The fourth-order valence-corrected chi connectivity index (χ4v) is 5.47. The molecule has 1 aromatic rings. The van der Waals surface area contributed by atoms with Gasteiger partial charge in [0.15, 0.2) is 0 Å². The van der Waals surface area contributed by atoms with E-state index < -0.39 is 6.04 Å². The molecule has 34 heavy (non-hydrogen) atoms. The first kappa shape index (κ1) is 24.6. The topological polar surface area (TPSA) is 86.8 Å². The third-order valence-corrected chi connectivity index (χ3v) is 7.81. The van der Waals surface area contributed by atoms with Crippen LogP contribution < -0.4 is 5.32 Å². The minimum absolute atomic E-state index is 0.00191. The van der Waals surface area contributed by atoms with Crippen molar-refractivity contribution in [3.8, 4) is 0 Å². The van der Waals surface area contributed by atoms with Gasteiger partial charge in [0.2, 0.25) is 23.6 Å². The van der Waals surface area contributed by atoms with Crippen molar-refractivity contribution >= 4 is 39.6 Å². The maximum Gasteiger partial charge on any atom is 0.242 e. The van der Waals surface area contributed by atoms with Gasteiger partial charge in [-0.2, -0.15) is 0 Å². The normalized spacial score (nSPS) is 23.2. The molecule has 8 heteroatoms. The first-order chi connectivity index (χ1) is 16.3. The highest BCUT2D eigenvalue weighted by atomic mass is 79.9. The summed E-state index contributed by atoms with van der Waals surface area (Å²) < 4.78 is 0.933. The predicted octanol–water partition coefficient (Wildman–Crippen LogP) is 3.57. The lowest BCUT2D eigenvalue weighted by Gasteiger charge is -2.30. The van der Waals surface area contributed by atoms with Crippen LogP contribution in [0, 0.1) is 11.8 Å². The Bertz CT molecular complexity index is 945. The first-order valence-electron chi connectivity index (χ1n) is 12.2. The van der Waals surface area contributed by atoms with E-state index in [1.165, 1.54) is 4.90 Å². The van der Waals surface area contributed by atoms with Gasteiger partial charge in [0, 0.05) is 30.0 Å². The number of halogens is 1. The van der Waals surface area contributed by atoms with E-state index in [-0.39, 0.29) is 61.0 Å². The van der Waals surface area contributed by atoms with Crippen LogP contribution in [0.1, 0.15) is 57.4 Å². The summed E-state index contributed by atoms with van der Waals surface area (Å²) in [5, 5.41) is 3.09. The molecule has 1 saturated carbocycles. The number of likely N-dealkylation sites (tertiary alicyclic amines) is 1. The van der Waals surface area contributed by atoms with Gasteiger partial charge >= 0.3 is 0 Å². The molecule has 1 saturated heterocycles. The van der Waals surface area contributed by atoms with Crippen molar-refractivity contribution in [2.45, 2.75) is 70.5 Å². The summed E-state index contributed by atoms with van der Waals surface area (Å²) in [6.07, 6.45) is 9.21. The van der Waals surface area contributed by atoms with E-state index in [1.54, 1.807) is 11.8 Å². The first-order valence-corrected chi connectivity index (χ1v) is 13.0. The van der Waals surface area contributed by atoms with Gasteiger partial charge in [0.25, 0.3) is 0 Å². The van der Waals surface area contributed by atoms with Gasteiger partial charge in [0.1, 0.15) is 6.04 Å². The number of rotatable bonds is 8. The van der Waals surface area contributed by atoms with Gasteiger partial charge < -0.3 is 10.2 Å². The van der Waals surface area contributed by atoms with E-state index in [2.05, 4.69) is 21.2 Å². The Morgan fingerprint density at radius 1 is 1.06 bits per heavy atom. The number of hydrogen-bond acceptors (Lipinski definition) is 4. The molecule has 0 spiro atoms. The van der Waals surface area contributed by atoms with Crippen LogP contribution in [0.3, 0.4) is 0 Å². The van der Waals surface area contributed by atoms with Crippen LogP contribution in [0.2, 0.25) is 0 Å². The van der Waals surface area contributed by atoms with E-state index in [4.69, 9.17) is 0 Å². The van der Waals surface area contributed by atoms with Crippen LogP contribution in [-0.2, 0) is 25.7 Å². The summed E-state index contributed by atoms with van der Waals surface area (Å²) in [4.78, 5) is 54.7. The highest BCUT2D eigenvalue weighted by molar-refractivity contribution is 9.10. The maximum absolute atomic E-state index is 13.4. The summed E-state index contributed by atoms with van der Waals surface area (Å²) in [5.41, 5.74) is 0.905. The molecule has 3 atom stereocenters. The second kappa shape index (κ2) is 10.8. The van der Waals surface area contributed by atoms with Gasteiger partial charge in [-0.15, -0.1) is 0 Å². The Kier molecular flexibility index (Phi) is 7.86. The monoisotopic (exact) mass is 529 g/mol. The number of carbonyl (C=O) groups excluding carboxylic acids is 4. The zero-order valence-electron chi connectivity index (χ0n) is 19.5. The van der Waals surface area contributed by atoms with Crippen LogP contribution in [0.4, 0.5) is 0 Å². The molecule has 0 radical (unpaired) electrons. The van der Waals surface area contributed by atoms with Crippen molar-refractivity contribution in [2.75, 3.05) is 6.54 Å². The number of nitrogens with zero attached hydrogens (tertiary/aromatic N) is 2. The van der Waals surface area contributed by atoms with Crippen LogP contribution in [-0.4, -0.2) is 52.1 Å². The largest absolute Gasteiger partial charge is 0.352 e. The van der Waals surface area contributed by atoms with Crippen molar-refractivity contribution in [1.29, 1.82) is 0 Å². The standard InChI is InChI=1S/C26H32BrN3O4/c1-17(24(32)28-20-6-2-3-7-20)30(16-18-10-12-19(27)13-11-18)23(31)14-15-29-25(33)21-8-4-5-9-22(21)26(29)34/h4-5,10-13,17,20-22H,2-3,6-9,14-16H2,1H3,(H,28,32)/t17-,21-,22+/m0/s1. The number of nitrogens with one attached hydrogen (secondary N) is 1. The van der Waals surface area contributed by atoms with Crippen LogP contribution in [0.15, 0.2) is 40.9 Å². The molecule has 4 amide bonds. The van der Waals surface area contributed by atoms with Gasteiger partial charge in [-0.1, -0.05) is 53.1 Å². The molecular formula is C26H32BrN3O4. The molecule has 1 N–H and O–H groups in total. The molecule has 3 aliphatic rings. The van der Waals surface area contributed by atoms with E-state index in [1.807, 2.05) is 36.4 Å². The van der Waals surface area contributed by atoms with Gasteiger partial charge in [0.05, 0.1) is 11.8 Å². The maximum atomic E-state index is 13.4. The third kappa shape index (κ3) is 5.43. The molecule has 7 nitrogen and oxygen atoms in total. The van der Waals surface area contributed by atoms with E-state index in [0.717, 1.165) is 35.7 Å². The fourth-order valence-electron chi connectivity index (χ4n) is 5.20. The van der Waals surface area contributed by atoms with Crippen molar-refractivity contribution < 1.29 is 19.2 Å². The lowest BCUT2D eigenvalue weighted by Crippen LogP contribution is -2.50. The molecule has 4 rings (SSSR count). The molecule has 1 aliphatic heterocycles. The lowest BCUT2D eigenvalue weighted by atomic mass is 9.85. The Morgan fingerprint density at radius 2 is 1.65 bits per heavy atom. The van der Waals surface area contributed by atoms with Crippen molar-refractivity contribution in [1.82, 2.24) is 15.1 Å². The zero-order chi connectivity index (χ0) is 24.2. The number of amides is 4. The van der Waals surface area contributed by atoms with Crippen LogP contribution in [0.5, 0.6) is 0 Å². The number of allylic oxidation sites excluding steroid dienone is 2. The molecular weight excluding hydrogens is 498 g/mol. The van der Waals surface area contributed by atoms with Crippen molar-refractivity contribution in [2.24, 2.45) is 11.8 Å². The highest BCUT2D eigenvalue weighted by Crippen LogP contribution is 2.35. The molecule has 1 heterocycles. The molecule has 0 aromatic heterocycles. The minimum Gasteiger partial charge on any atom is -0.352 e. The van der Waals surface area contributed by atoms with Gasteiger partial charge in [-0.3, -0.25) is 24.1 Å². The Hall–Kier alpha value is -2.48. The second-order valence-electron chi connectivity index (χ2n) is 9.55. The summed E-state index contributed by atoms with van der Waals surface area (Å²) in [6.45, 7) is 2.08. The molecule has 2 fully saturated rings. The Balaban J connectivity index is 1.44. The van der Waals surface area contributed by atoms with Crippen LogP contribution >= 0.6 is 15.9 Å². The highest BCUT2D eigenvalue weighted by Gasteiger charge is 2.47. The van der Waals surface area contributed by atoms with E-state index >= 15 is 0 Å². The average Bonchev–Trinajstić information content (AvgIpc) is 3.43. The number of hydrogen-bond donors (Lipinski definition) is 1. The summed E-state index contributed by atoms with van der Waals surface area (Å²) in [6, 6.07) is 7.14. The Morgan fingerprint density at radius 3 is 2.24 bits per heavy atom. The van der Waals surface area contributed by atoms with Gasteiger partial charge in [-0.05, 0) is 50.3 Å². The number of carbonyl (C=O) groups is 4. The molecule has 0 unspecified atom stereocenters. The van der Waals surface area contributed by atoms with E-state index in [9.17, 15) is 19.2 Å². The molecule has 2 aliphatic carbocycles. The minimum atomic E-state index is -0.659. The molecule has 0 bridgehead atoms. The van der Waals surface area contributed by atoms with Crippen molar-refractivity contribution in [3.05, 3.63) is 46.5 Å². The fraction of sp³-hybridized carbons (Fsp3) is 0.538. The van der Waals surface area contributed by atoms with Crippen LogP contribution in [0.25, 0.3) is 0 Å². The third-order valence-electron chi connectivity index (χ3n) is 7.28. The summed E-state index contributed by atoms with van der Waals surface area (Å²) >= 11 is 3.42. The Labute approximate surface area is 209 Å². The predicted molar refractivity (Wildman–Crippen MR) is 131 cm³/mol. The average molecular weight is 530 g/mol. The lowest BCUT2D eigenvalue weighted by molar-refractivity contribution is -0.144. The van der Waals surface area contributed by atoms with Gasteiger partial charge in [-0.25, -0.2) is 0 Å². The quantitative estimate of drug-likeness (QED) is 0.412. The summed E-state index contributed by atoms with van der Waals surface area (Å²) in [7, 11) is 0. The summed E-state index contributed by atoms with van der Waals surface area (Å²) in [5.74, 6) is -1.38. The van der Waals surface area contributed by atoms with Crippen molar-refractivity contribution in [3.63, 3.8) is 0 Å².